The first-order valence-electron chi connectivity index (χ1n) is 11.6. The van der Waals surface area contributed by atoms with Gasteiger partial charge < -0.3 is 9.47 Å². The van der Waals surface area contributed by atoms with E-state index in [4.69, 9.17) is 9.47 Å². The minimum atomic E-state index is -0.192. The fourth-order valence-corrected chi connectivity index (χ4v) is 4.97. The van der Waals surface area contributed by atoms with Gasteiger partial charge >= 0.3 is 0 Å². The topological polar surface area (TPSA) is 18.5 Å². The monoisotopic (exact) mass is 410 g/mol. The Balaban J connectivity index is 2.53. The largest absolute Gasteiger partial charge is 0.376 e. The molecule has 30 heavy (non-hydrogen) atoms. The summed E-state index contributed by atoms with van der Waals surface area (Å²) < 4.78 is 12.5. The summed E-state index contributed by atoms with van der Waals surface area (Å²) in [5.41, 5.74) is 4.80. The minimum Gasteiger partial charge on any atom is -0.376 e. The predicted molar refractivity (Wildman–Crippen MR) is 128 cm³/mol. The number of unbranched alkanes of at least 4 members (excludes halogenated alkanes) is 1. The molecule has 3 atom stereocenters. The van der Waals surface area contributed by atoms with Crippen molar-refractivity contribution in [2.24, 2.45) is 11.3 Å². The molecule has 2 rings (SSSR count). The van der Waals surface area contributed by atoms with Gasteiger partial charge in [-0.15, -0.1) is 0 Å². The van der Waals surface area contributed by atoms with E-state index in [0.717, 1.165) is 6.42 Å². The Bertz CT molecular complexity index is 679. The molecule has 0 aliphatic heterocycles. The van der Waals surface area contributed by atoms with Crippen molar-refractivity contribution in [2.75, 3.05) is 14.2 Å². The normalized spacial score (nSPS) is 16.6. The molecule has 0 saturated heterocycles. The molecule has 0 heterocycles. The quantitative estimate of drug-likeness (QED) is 0.353. The van der Waals surface area contributed by atoms with Crippen LogP contribution in [-0.4, -0.2) is 14.2 Å². The molecule has 2 aromatic carbocycles. The van der Waals surface area contributed by atoms with Gasteiger partial charge in [-0.05, 0) is 37.3 Å². The lowest BCUT2D eigenvalue weighted by Gasteiger charge is -2.45. The van der Waals surface area contributed by atoms with Crippen LogP contribution in [0, 0.1) is 25.2 Å². The number of ether oxygens (including phenoxy) is 2. The Hall–Kier alpha value is -1.64. The van der Waals surface area contributed by atoms with Crippen LogP contribution in [0.5, 0.6) is 0 Å². The second-order valence-electron chi connectivity index (χ2n) is 9.18. The van der Waals surface area contributed by atoms with Gasteiger partial charge in [0.25, 0.3) is 0 Å². The summed E-state index contributed by atoms with van der Waals surface area (Å²) in [5.74, 6) is 0.654. The zero-order valence-corrected chi connectivity index (χ0v) is 20.2. The Morgan fingerprint density at radius 3 is 1.53 bits per heavy atom. The van der Waals surface area contributed by atoms with Crippen LogP contribution < -0.4 is 0 Å². The summed E-state index contributed by atoms with van der Waals surface area (Å²) in [6.07, 6.45) is 5.95. The van der Waals surface area contributed by atoms with Crippen molar-refractivity contribution in [1.29, 1.82) is 0 Å². The number of aryl methyl sites for hydroxylation is 2. The third kappa shape index (κ3) is 5.95. The van der Waals surface area contributed by atoms with E-state index in [1.165, 1.54) is 47.9 Å². The van der Waals surface area contributed by atoms with Gasteiger partial charge in [0.2, 0.25) is 0 Å². The van der Waals surface area contributed by atoms with E-state index in [1.54, 1.807) is 0 Å². The molecule has 0 radical (unpaired) electrons. The highest BCUT2D eigenvalue weighted by Crippen LogP contribution is 2.52. The molecule has 0 aliphatic rings. The van der Waals surface area contributed by atoms with E-state index in [9.17, 15) is 0 Å². The summed E-state index contributed by atoms with van der Waals surface area (Å²) in [6, 6.07) is 17.6. The summed E-state index contributed by atoms with van der Waals surface area (Å²) in [7, 11) is 3.69. The van der Waals surface area contributed by atoms with Crippen LogP contribution in [0.3, 0.4) is 0 Å². The van der Waals surface area contributed by atoms with Gasteiger partial charge in [-0.3, -0.25) is 0 Å². The molecule has 0 aromatic heterocycles. The van der Waals surface area contributed by atoms with Crippen LogP contribution in [0.1, 0.15) is 87.3 Å². The molecule has 0 aliphatic carbocycles. The molecule has 0 bridgehead atoms. The van der Waals surface area contributed by atoms with Gasteiger partial charge in [0.05, 0.1) is 12.2 Å². The van der Waals surface area contributed by atoms with Crippen molar-refractivity contribution in [3.8, 4) is 0 Å². The van der Waals surface area contributed by atoms with E-state index < -0.39 is 0 Å². The molecule has 166 valence electrons. The molecule has 2 nitrogen and oxygen atoms in total. The highest BCUT2D eigenvalue weighted by molar-refractivity contribution is 5.29. The third-order valence-corrected chi connectivity index (χ3v) is 6.70. The van der Waals surface area contributed by atoms with Crippen molar-refractivity contribution in [1.82, 2.24) is 0 Å². The highest BCUT2D eigenvalue weighted by Gasteiger charge is 2.45. The summed E-state index contributed by atoms with van der Waals surface area (Å²) in [5, 5.41) is 0. The maximum absolute atomic E-state index is 6.24. The number of hydrogen-bond donors (Lipinski definition) is 0. The van der Waals surface area contributed by atoms with Crippen LogP contribution in [0.2, 0.25) is 0 Å². The molecule has 0 spiro atoms. The number of methoxy groups -OCH3 is 2. The van der Waals surface area contributed by atoms with Gasteiger partial charge in [0, 0.05) is 19.6 Å². The van der Waals surface area contributed by atoms with E-state index >= 15 is 0 Å². The molecular formula is C28H42O2. The first-order chi connectivity index (χ1) is 14.4. The number of rotatable bonds is 12. The lowest BCUT2D eigenvalue weighted by Crippen LogP contribution is -2.37. The maximum atomic E-state index is 6.24. The second-order valence-corrected chi connectivity index (χ2v) is 9.18. The molecule has 0 amide bonds. The smallest absolute Gasteiger partial charge is 0.0902 e. The average molecular weight is 411 g/mol. The Labute approximate surface area is 185 Å². The van der Waals surface area contributed by atoms with Gasteiger partial charge in [0.15, 0.2) is 0 Å². The zero-order valence-electron chi connectivity index (χ0n) is 20.2. The molecule has 0 fully saturated rings. The number of hydrogen-bond acceptors (Lipinski definition) is 2. The number of benzene rings is 2. The SMILES string of the molecule is CCCCC(CC)CC(C)(C(OC)c1ccc(C)cc1)C(OC)c1ccc(C)cc1. The highest BCUT2D eigenvalue weighted by atomic mass is 16.5. The third-order valence-electron chi connectivity index (χ3n) is 6.70. The first kappa shape index (κ1) is 24.6. The van der Waals surface area contributed by atoms with Crippen LogP contribution in [0.25, 0.3) is 0 Å². The molecule has 0 saturated carbocycles. The fourth-order valence-electron chi connectivity index (χ4n) is 4.97. The predicted octanol–water partition coefficient (Wildman–Crippen LogP) is 7.99. The Morgan fingerprint density at radius 1 is 0.767 bits per heavy atom. The lowest BCUT2D eigenvalue weighted by molar-refractivity contribution is -0.111. The standard InChI is InChI=1S/C28H42O2/c1-8-10-11-23(9-2)20-28(5,26(29-6)24-16-12-21(3)13-17-24)27(30-7)25-18-14-22(4)15-19-25/h12-19,23,26-27H,8-11,20H2,1-7H3. The molecule has 0 N–H and O–H groups in total. The van der Waals surface area contributed by atoms with Crippen molar-refractivity contribution in [2.45, 2.75) is 78.9 Å². The van der Waals surface area contributed by atoms with Crippen molar-refractivity contribution in [3.63, 3.8) is 0 Å². The van der Waals surface area contributed by atoms with Crippen LogP contribution in [0.4, 0.5) is 0 Å². The van der Waals surface area contributed by atoms with Crippen LogP contribution >= 0.6 is 0 Å². The molecule has 2 aromatic rings. The van der Waals surface area contributed by atoms with E-state index in [2.05, 4.69) is 83.1 Å². The van der Waals surface area contributed by atoms with Crippen LogP contribution in [-0.2, 0) is 9.47 Å². The average Bonchev–Trinajstić information content (AvgIpc) is 2.75. The van der Waals surface area contributed by atoms with Gasteiger partial charge in [0.1, 0.15) is 0 Å². The summed E-state index contributed by atoms with van der Waals surface area (Å²) >= 11 is 0. The Morgan fingerprint density at radius 2 is 1.20 bits per heavy atom. The zero-order chi connectivity index (χ0) is 22.1. The summed E-state index contributed by atoms with van der Waals surface area (Å²) in [4.78, 5) is 0. The fraction of sp³-hybridized carbons (Fsp3) is 0.571. The second kappa shape index (κ2) is 11.7. The van der Waals surface area contributed by atoms with E-state index in [-0.39, 0.29) is 17.6 Å². The van der Waals surface area contributed by atoms with Crippen molar-refractivity contribution >= 4 is 0 Å². The van der Waals surface area contributed by atoms with Gasteiger partial charge in [-0.1, -0.05) is 106 Å². The van der Waals surface area contributed by atoms with Gasteiger partial charge in [-0.2, -0.15) is 0 Å². The lowest BCUT2D eigenvalue weighted by atomic mass is 9.67. The van der Waals surface area contributed by atoms with Crippen LogP contribution in [0.15, 0.2) is 48.5 Å². The first-order valence-corrected chi connectivity index (χ1v) is 11.6. The minimum absolute atomic E-state index is 0.0416. The summed E-state index contributed by atoms with van der Waals surface area (Å²) in [6.45, 7) is 11.2. The maximum Gasteiger partial charge on any atom is 0.0902 e. The van der Waals surface area contributed by atoms with E-state index in [0.29, 0.717) is 5.92 Å². The van der Waals surface area contributed by atoms with E-state index in [1.807, 2.05) is 14.2 Å². The molecule has 3 unspecified atom stereocenters. The Kier molecular flexibility index (Phi) is 9.58. The molecular weight excluding hydrogens is 368 g/mol. The van der Waals surface area contributed by atoms with Gasteiger partial charge in [-0.25, -0.2) is 0 Å². The van der Waals surface area contributed by atoms with Crippen molar-refractivity contribution in [3.05, 3.63) is 70.8 Å². The van der Waals surface area contributed by atoms with Crippen molar-refractivity contribution < 1.29 is 9.47 Å². The molecule has 2 heteroatoms.